The fraction of sp³-hybridized carbons (Fsp3) is 0.556. The van der Waals surface area contributed by atoms with Gasteiger partial charge in [-0.2, -0.15) is 39.5 Å². The summed E-state index contributed by atoms with van der Waals surface area (Å²) in [5.41, 5.74) is 0.105. The molecule has 166 valence electrons. The molecule has 0 aliphatic carbocycles. The van der Waals surface area contributed by atoms with Crippen LogP contribution >= 0.6 is 22.6 Å². The molecular weight excluding hydrogens is 530 g/mol. The highest BCUT2D eigenvalue weighted by Crippen LogP contribution is 2.55. The molecule has 0 saturated carbocycles. The Kier molecular flexibility index (Phi) is 8.48. The average Bonchev–Trinajstić information content (AvgIpc) is 2.60. The van der Waals surface area contributed by atoms with Crippen LogP contribution in [-0.4, -0.2) is 29.1 Å². The van der Waals surface area contributed by atoms with Gasteiger partial charge >= 0.3 is 23.9 Å². The van der Waals surface area contributed by atoms with E-state index in [9.17, 15) is 44.6 Å². The summed E-state index contributed by atoms with van der Waals surface area (Å²) in [5.74, 6) is -19.3. The summed E-state index contributed by atoms with van der Waals surface area (Å²) in [7, 11) is 0. The molecule has 0 bridgehead atoms. The number of hydrogen-bond donors (Lipinski definition) is 1. The first-order valence-electron chi connectivity index (χ1n) is 8.40. The quantitative estimate of drug-likeness (QED) is 0.251. The monoisotopic (exact) mass is 548 g/mol. The Balaban J connectivity index is 3.33. The second kappa shape index (κ2) is 9.44. The summed E-state index contributed by atoms with van der Waals surface area (Å²) in [5, 5.41) is 10.4. The SMILES string of the molecule is CCCC/C(=C(\I)CC(F)(F)C(F)(F)C(F)(F)C(F)(F)F)C(O)c1ccccc1. The molecular formula is C18H18F9IO. The zero-order valence-electron chi connectivity index (χ0n) is 15.0. The summed E-state index contributed by atoms with van der Waals surface area (Å²) >= 11 is 1.18. The number of alkyl halides is 9. The Bertz CT molecular complexity index is 699. The topological polar surface area (TPSA) is 20.2 Å². The van der Waals surface area contributed by atoms with E-state index in [1.165, 1.54) is 46.9 Å². The van der Waals surface area contributed by atoms with Crippen LogP contribution in [0.2, 0.25) is 0 Å². The number of allylic oxidation sites excluding steroid dienone is 1. The number of benzene rings is 1. The summed E-state index contributed by atoms with van der Waals surface area (Å²) in [4.78, 5) is 0. The minimum absolute atomic E-state index is 0.0256. The number of rotatable bonds is 9. The Morgan fingerprint density at radius 1 is 0.931 bits per heavy atom. The van der Waals surface area contributed by atoms with E-state index in [-0.39, 0.29) is 17.6 Å². The third-order valence-electron chi connectivity index (χ3n) is 4.18. The van der Waals surface area contributed by atoms with Crippen LogP contribution in [0.3, 0.4) is 0 Å². The van der Waals surface area contributed by atoms with Crippen LogP contribution in [0.1, 0.15) is 44.3 Å². The molecule has 1 nitrogen and oxygen atoms in total. The molecule has 1 N–H and O–H groups in total. The lowest BCUT2D eigenvalue weighted by atomic mass is 9.93. The molecule has 0 aliphatic rings. The van der Waals surface area contributed by atoms with Gasteiger partial charge in [0.2, 0.25) is 0 Å². The van der Waals surface area contributed by atoms with Crippen molar-refractivity contribution in [2.24, 2.45) is 0 Å². The van der Waals surface area contributed by atoms with E-state index in [0.29, 0.717) is 12.8 Å². The summed E-state index contributed by atoms with van der Waals surface area (Å²) in [6, 6.07) is 7.52. The number of unbranched alkanes of at least 4 members (excludes halogenated alkanes) is 1. The van der Waals surface area contributed by atoms with E-state index >= 15 is 0 Å². The minimum Gasteiger partial charge on any atom is -0.384 e. The van der Waals surface area contributed by atoms with E-state index in [1.54, 1.807) is 13.0 Å². The van der Waals surface area contributed by atoms with Gasteiger partial charge in [0.15, 0.2) is 0 Å². The lowest BCUT2D eigenvalue weighted by Crippen LogP contribution is -2.60. The van der Waals surface area contributed by atoms with Gasteiger partial charge in [-0.05, 0) is 50.1 Å². The van der Waals surface area contributed by atoms with Crippen molar-refractivity contribution in [3.63, 3.8) is 0 Å². The first-order valence-corrected chi connectivity index (χ1v) is 9.48. The molecule has 0 aromatic heterocycles. The van der Waals surface area contributed by atoms with Crippen LogP contribution in [0.4, 0.5) is 39.5 Å². The Morgan fingerprint density at radius 3 is 1.90 bits per heavy atom. The Hall–Kier alpha value is -0.980. The maximum absolute atomic E-state index is 14.0. The van der Waals surface area contributed by atoms with Crippen molar-refractivity contribution in [1.82, 2.24) is 0 Å². The van der Waals surface area contributed by atoms with Gasteiger partial charge in [0.05, 0.1) is 0 Å². The van der Waals surface area contributed by atoms with Crippen LogP contribution in [-0.2, 0) is 0 Å². The molecule has 1 unspecified atom stereocenters. The predicted molar refractivity (Wildman–Crippen MR) is 97.5 cm³/mol. The highest BCUT2D eigenvalue weighted by atomic mass is 127. The first kappa shape index (κ1) is 26.1. The molecule has 0 aliphatic heterocycles. The predicted octanol–water partition coefficient (Wildman–Crippen LogP) is 7.46. The number of aliphatic hydroxyl groups excluding tert-OH is 1. The third-order valence-corrected chi connectivity index (χ3v) is 5.25. The number of hydrogen-bond acceptors (Lipinski definition) is 1. The summed E-state index contributed by atoms with van der Waals surface area (Å²) < 4.78 is 117. The first-order chi connectivity index (χ1) is 13.1. The minimum atomic E-state index is -6.93. The van der Waals surface area contributed by atoms with Crippen molar-refractivity contribution in [3.05, 3.63) is 45.0 Å². The fourth-order valence-corrected chi connectivity index (χ4v) is 3.50. The van der Waals surface area contributed by atoms with Gasteiger partial charge in [0.1, 0.15) is 6.10 Å². The van der Waals surface area contributed by atoms with Crippen LogP contribution in [0.15, 0.2) is 39.5 Å². The Morgan fingerprint density at radius 2 is 1.45 bits per heavy atom. The Labute approximate surface area is 175 Å². The standard InChI is InChI=1S/C18H18F9IO/c1-2-3-9-12(14(29)11-7-5-4-6-8-11)13(28)10-15(19,20)16(21,22)17(23,24)18(25,26)27/h4-8,14,29H,2-3,9-10H2,1H3/b13-12+. The van der Waals surface area contributed by atoms with Gasteiger partial charge in [-0.25, -0.2) is 0 Å². The maximum Gasteiger partial charge on any atom is 0.460 e. The number of aliphatic hydroxyl groups is 1. The van der Waals surface area contributed by atoms with E-state index in [4.69, 9.17) is 0 Å². The molecule has 1 atom stereocenters. The van der Waals surface area contributed by atoms with Crippen LogP contribution < -0.4 is 0 Å². The second-order valence-corrected chi connectivity index (χ2v) is 7.68. The molecule has 0 spiro atoms. The van der Waals surface area contributed by atoms with Crippen molar-refractivity contribution in [2.75, 3.05) is 0 Å². The zero-order valence-corrected chi connectivity index (χ0v) is 17.2. The summed E-state index contributed by atoms with van der Waals surface area (Å²) in [6.07, 6.45) is -9.57. The third kappa shape index (κ3) is 5.59. The lowest BCUT2D eigenvalue weighted by molar-refractivity contribution is -0.395. The molecule has 11 heteroatoms. The van der Waals surface area contributed by atoms with Gasteiger partial charge in [0.25, 0.3) is 0 Å². The van der Waals surface area contributed by atoms with Gasteiger partial charge in [0, 0.05) is 6.42 Å². The average molecular weight is 548 g/mol. The van der Waals surface area contributed by atoms with E-state index in [2.05, 4.69) is 0 Å². The largest absolute Gasteiger partial charge is 0.460 e. The summed E-state index contributed by atoms with van der Waals surface area (Å²) in [6.45, 7) is 1.73. The normalized spacial score (nSPS) is 15.9. The van der Waals surface area contributed by atoms with Crippen molar-refractivity contribution in [3.8, 4) is 0 Å². The zero-order chi connectivity index (χ0) is 22.7. The van der Waals surface area contributed by atoms with Crippen molar-refractivity contribution in [1.29, 1.82) is 0 Å². The smallest absolute Gasteiger partial charge is 0.384 e. The van der Waals surface area contributed by atoms with Gasteiger partial charge < -0.3 is 5.11 Å². The highest BCUT2D eigenvalue weighted by molar-refractivity contribution is 14.1. The maximum atomic E-state index is 14.0. The molecule has 1 rings (SSSR count). The van der Waals surface area contributed by atoms with Crippen molar-refractivity contribution in [2.45, 2.75) is 62.7 Å². The van der Waals surface area contributed by atoms with Crippen molar-refractivity contribution < 1.29 is 44.6 Å². The van der Waals surface area contributed by atoms with Gasteiger partial charge in [-0.3, -0.25) is 0 Å². The van der Waals surface area contributed by atoms with Gasteiger partial charge in [-0.1, -0.05) is 43.7 Å². The van der Waals surface area contributed by atoms with Crippen molar-refractivity contribution >= 4 is 22.6 Å². The van der Waals surface area contributed by atoms with Crippen LogP contribution in [0.5, 0.6) is 0 Å². The molecule has 0 fully saturated rings. The highest BCUT2D eigenvalue weighted by Gasteiger charge is 2.81. The molecule has 1 aromatic rings. The van der Waals surface area contributed by atoms with E-state index in [1.807, 2.05) is 0 Å². The molecule has 29 heavy (non-hydrogen) atoms. The van der Waals surface area contributed by atoms with E-state index < -0.39 is 40.0 Å². The second-order valence-electron chi connectivity index (χ2n) is 6.37. The molecule has 0 radical (unpaired) electrons. The molecule has 0 saturated heterocycles. The number of halogens is 10. The van der Waals surface area contributed by atoms with E-state index in [0.717, 1.165) is 0 Å². The fourth-order valence-electron chi connectivity index (χ4n) is 2.45. The molecule has 1 aromatic carbocycles. The molecule has 0 heterocycles. The molecule has 0 amide bonds. The lowest BCUT2D eigenvalue weighted by Gasteiger charge is -2.34. The van der Waals surface area contributed by atoms with Crippen LogP contribution in [0.25, 0.3) is 0 Å². The van der Waals surface area contributed by atoms with Gasteiger partial charge in [-0.15, -0.1) is 0 Å². The van der Waals surface area contributed by atoms with Crippen LogP contribution in [0, 0.1) is 0 Å².